The van der Waals surface area contributed by atoms with Crippen molar-refractivity contribution in [1.82, 2.24) is 18.8 Å². The van der Waals surface area contributed by atoms with E-state index in [9.17, 15) is 22.4 Å². The maximum absolute atomic E-state index is 13.3. The number of aryl methyl sites for hydroxylation is 1. The van der Waals surface area contributed by atoms with E-state index in [2.05, 4.69) is 20.5 Å². The van der Waals surface area contributed by atoms with Gasteiger partial charge in [0.1, 0.15) is 17.9 Å². The fourth-order valence-corrected chi connectivity index (χ4v) is 4.22. The molecule has 0 saturated carbocycles. The molecular weight excluding hydrogens is 427 g/mol. The van der Waals surface area contributed by atoms with E-state index in [0.29, 0.717) is 5.69 Å². The topological polar surface area (TPSA) is 125 Å². The van der Waals surface area contributed by atoms with E-state index >= 15 is 0 Å². The lowest BCUT2D eigenvalue weighted by atomic mass is 10.1. The molecule has 2 unspecified atom stereocenters. The third kappa shape index (κ3) is 4.72. The number of rotatable bonds is 4. The van der Waals surface area contributed by atoms with Crippen molar-refractivity contribution < 1.29 is 22.4 Å². The van der Waals surface area contributed by atoms with Crippen LogP contribution in [0.25, 0.3) is 0 Å². The predicted molar refractivity (Wildman–Crippen MR) is 104 cm³/mol. The first-order valence-corrected chi connectivity index (χ1v) is 10.2. The van der Waals surface area contributed by atoms with Crippen molar-refractivity contribution >= 4 is 45.0 Å². The van der Waals surface area contributed by atoms with Crippen molar-refractivity contribution in [2.24, 2.45) is 7.05 Å². The Morgan fingerprint density at radius 3 is 2.55 bits per heavy atom. The molecule has 0 radical (unpaired) electrons. The molecule has 10 nitrogen and oxygen atoms in total. The predicted octanol–water partition coefficient (Wildman–Crippen LogP) is 0.697. The number of carbonyl (C=O) groups is 2. The molecule has 1 aromatic heterocycles. The SMILES string of the molecule is CN1C(C(=O)Nc2ccc(F)c(Cl)c2)CC(C(=O)Nc2cnn(C)c2)NS1(=O)=O. The standard InChI is InChI=1S/C16H18ClFN6O4S/c1-23-8-10(7-19-23)21-15(25)13-6-14(24(2)29(27,28)22-13)16(26)20-9-3-4-12(18)11(17)5-9/h3-5,7-8,13-14,22H,6H2,1-2H3,(H,20,26)(H,21,25). The van der Waals surface area contributed by atoms with Crippen LogP contribution in [0.15, 0.2) is 30.6 Å². The Hall–Kier alpha value is -2.54. The molecule has 1 aliphatic heterocycles. The van der Waals surface area contributed by atoms with Gasteiger partial charge in [0.15, 0.2) is 0 Å². The molecule has 0 aliphatic carbocycles. The first kappa shape index (κ1) is 21.2. The Balaban J connectivity index is 1.76. The Morgan fingerprint density at radius 1 is 1.24 bits per heavy atom. The summed E-state index contributed by atoms with van der Waals surface area (Å²) >= 11 is 5.70. The number of halogens is 2. The van der Waals surface area contributed by atoms with E-state index in [1.54, 1.807) is 13.2 Å². The maximum atomic E-state index is 13.3. The summed E-state index contributed by atoms with van der Waals surface area (Å²) in [4.78, 5) is 25.2. The third-order valence-corrected chi connectivity index (χ3v) is 6.23. The molecule has 2 atom stereocenters. The van der Waals surface area contributed by atoms with Crippen molar-refractivity contribution in [2.75, 3.05) is 17.7 Å². The smallest absolute Gasteiger partial charge is 0.280 e. The van der Waals surface area contributed by atoms with Crippen LogP contribution in [-0.2, 0) is 26.8 Å². The van der Waals surface area contributed by atoms with Gasteiger partial charge in [-0.05, 0) is 24.6 Å². The number of hydrogen-bond acceptors (Lipinski definition) is 5. The number of amides is 2. The largest absolute Gasteiger partial charge is 0.325 e. The third-order valence-electron chi connectivity index (χ3n) is 4.35. The molecule has 3 N–H and O–H groups in total. The van der Waals surface area contributed by atoms with Crippen LogP contribution in [0.1, 0.15) is 6.42 Å². The van der Waals surface area contributed by atoms with E-state index in [1.807, 2.05) is 0 Å². The summed E-state index contributed by atoms with van der Waals surface area (Å²) in [7, 11) is -1.20. The molecular formula is C16H18ClFN6O4S. The van der Waals surface area contributed by atoms with E-state index in [0.717, 1.165) is 10.4 Å². The minimum atomic E-state index is -4.09. The summed E-state index contributed by atoms with van der Waals surface area (Å²) in [5.41, 5.74) is 0.583. The fourth-order valence-electron chi connectivity index (χ4n) is 2.80. The summed E-state index contributed by atoms with van der Waals surface area (Å²) in [6.45, 7) is 0. The zero-order valence-corrected chi connectivity index (χ0v) is 17.0. The van der Waals surface area contributed by atoms with Crippen molar-refractivity contribution in [3.8, 4) is 0 Å². The molecule has 0 spiro atoms. The molecule has 2 aromatic rings. The summed E-state index contributed by atoms with van der Waals surface area (Å²) in [6.07, 6.45) is 2.83. The van der Waals surface area contributed by atoms with Gasteiger partial charge in [0.25, 0.3) is 10.2 Å². The van der Waals surface area contributed by atoms with Gasteiger partial charge in [-0.25, -0.2) is 4.39 Å². The Morgan fingerprint density at radius 2 is 1.93 bits per heavy atom. The molecule has 156 valence electrons. The van der Waals surface area contributed by atoms with Gasteiger partial charge in [-0.1, -0.05) is 11.6 Å². The van der Waals surface area contributed by atoms with Crippen LogP contribution in [-0.4, -0.2) is 53.4 Å². The van der Waals surface area contributed by atoms with Crippen LogP contribution in [0.5, 0.6) is 0 Å². The van der Waals surface area contributed by atoms with Gasteiger partial charge in [0, 0.05) is 26.0 Å². The van der Waals surface area contributed by atoms with Crippen molar-refractivity contribution in [2.45, 2.75) is 18.5 Å². The number of likely N-dealkylation sites (N-methyl/N-ethyl adjacent to an activating group) is 1. The zero-order valence-electron chi connectivity index (χ0n) is 15.4. The van der Waals surface area contributed by atoms with Crippen LogP contribution < -0.4 is 15.4 Å². The fraction of sp³-hybridized carbons (Fsp3) is 0.312. The van der Waals surface area contributed by atoms with Crippen LogP contribution in [0.2, 0.25) is 5.02 Å². The molecule has 1 aromatic carbocycles. The van der Waals surface area contributed by atoms with E-state index in [4.69, 9.17) is 11.6 Å². The van der Waals surface area contributed by atoms with Crippen LogP contribution in [0, 0.1) is 5.82 Å². The second-order valence-corrected chi connectivity index (χ2v) is 8.62. The number of anilines is 2. The van der Waals surface area contributed by atoms with Crippen molar-refractivity contribution in [3.63, 3.8) is 0 Å². The van der Waals surface area contributed by atoms with Gasteiger partial charge in [-0.2, -0.15) is 22.5 Å². The Bertz CT molecular complexity index is 1060. The highest BCUT2D eigenvalue weighted by Gasteiger charge is 2.42. The highest BCUT2D eigenvalue weighted by molar-refractivity contribution is 7.87. The highest BCUT2D eigenvalue weighted by Crippen LogP contribution is 2.22. The van der Waals surface area contributed by atoms with E-state index < -0.39 is 39.9 Å². The lowest BCUT2D eigenvalue weighted by molar-refractivity contribution is -0.121. The number of hydrogen-bond donors (Lipinski definition) is 3. The Kier molecular flexibility index (Phi) is 5.89. The second-order valence-electron chi connectivity index (χ2n) is 6.45. The molecule has 13 heteroatoms. The summed E-state index contributed by atoms with van der Waals surface area (Å²) in [5.74, 6) is -1.96. The van der Waals surface area contributed by atoms with Gasteiger partial charge in [0.05, 0.1) is 16.9 Å². The van der Waals surface area contributed by atoms with Crippen LogP contribution in [0.4, 0.5) is 15.8 Å². The molecule has 3 rings (SSSR count). The quantitative estimate of drug-likeness (QED) is 0.640. The normalized spacial score (nSPS) is 21.5. The summed E-state index contributed by atoms with van der Waals surface area (Å²) in [6, 6.07) is 1.22. The van der Waals surface area contributed by atoms with Gasteiger partial charge in [-0.3, -0.25) is 14.3 Å². The van der Waals surface area contributed by atoms with E-state index in [1.165, 1.54) is 30.1 Å². The molecule has 1 aliphatic rings. The second kappa shape index (κ2) is 8.06. The van der Waals surface area contributed by atoms with Gasteiger partial charge < -0.3 is 10.6 Å². The number of aromatic nitrogens is 2. The van der Waals surface area contributed by atoms with Gasteiger partial charge in [0.2, 0.25) is 11.8 Å². The summed E-state index contributed by atoms with van der Waals surface area (Å²) in [5, 5.41) is 8.76. The van der Waals surface area contributed by atoms with Gasteiger partial charge >= 0.3 is 0 Å². The number of carbonyl (C=O) groups excluding carboxylic acids is 2. The first-order chi connectivity index (χ1) is 13.6. The lowest BCUT2D eigenvalue weighted by Crippen LogP contribution is -2.61. The monoisotopic (exact) mass is 444 g/mol. The number of benzene rings is 1. The van der Waals surface area contributed by atoms with Gasteiger partial charge in [-0.15, -0.1) is 0 Å². The maximum Gasteiger partial charge on any atom is 0.280 e. The molecule has 1 fully saturated rings. The van der Waals surface area contributed by atoms with E-state index in [-0.39, 0.29) is 17.1 Å². The van der Waals surface area contributed by atoms with Crippen LogP contribution in [0.3, 0.4) is 0 Å². The van der Waals surface area contributed by atoms with Crippen molar-refractivity contribution in [3.05, 3.63) is 41.4 Å². The Labute approximate surface area is 171 Å². The number of nitrogens with zero attached hydrogens (tertiary/aromatic N) is 3. The molecule has 0 bridgehead atoms. The lowest BCUT2D eigenvalue weighted by Gasteiger charge is -2.35. The molecule has 2 heterocycles. The first-order valence-electron chi connectivity index (χ1n) is 8.37. The highest BCUT2D eigenvalue weighted by atomic mass is 35.5. The molecule has 2 amide bonds. The minimum Gasteiger partial charge on any atom is -0.325 e. The molecule has 1 saturated heterocycles. The average molecular weight is 445 g/mol. The minimum absolute atomic E-state index is 0.122. The molecule has 29 heavy (non-hydrogen) atoms. The van der Waals surface area contributed by atoms with Crippen LogP contribution >= 0.6 is 11.6 Å². The zero-order chi connectivity index (χ0) is 21.3. The average Bonchev–Trinajstić information content (AvgIpc) is 3.04. The van der Waals surface area contributed by atoms with Crippen molar-refractivity contribution in [1.29, 1.82) is 0 Å². The number of nitrogens with one attached hydrogen (secondary N) is 3. The summed E-state index contributed by atoms with van der Waals surface area (Å²) < 4.78 is 42.6.